The number of carbonyl (C=O) groups excluding carboxylic acids is 1. The fourth-order valence-corrected chi connectivity index (χ4v) is 2.41. The van der Waals surface area contributed by atoms with Gasteiger partial charge in [0.2, 0.25) is 0 Å². The van der Waals surface area contributed by atoms with Gasteiger partial charge in [-0.05, 0) is 32.3 Å². The van der Waals surface area contributed by atoms with Crippen LogP contribution in [0.2, 0.25) is 0 Å². The first-order valence-electron chi connectivity index (χ1n) is 4.31. The van der Waals surface area contributed by atoms with Crippen molar-refractivity contribution >= 4 is 21.9 Å². The fourth-order valence-electron chi connectivity index (χ4n) is 1.38. The number of hydrogen-bond acceptors (Lipinski definition) is 4. The molecule has 1 N–H and O–H groups in total. The van der Waals surface area contributed by atoms with Crippen molar-refractivity contribution in [3.63, 3.8) is 0 Å². The Bertz CT molecular complexity index is 447. The van der Waals surface area contributed by atoms with Crippen molar-refractivity contribution in [1.29, 1.82) is 0 Å². The Morgan fingerprint density at radius 1 is 1.47 bits per heavy atom. The molecule has 0 bridgehead atoms. The number of rotatable bonds is 3. The molecular formula is C8H11N2O4S-. The minimum atomic E-state index is -3.64. The Morgan fingerprint density at radius 3 is 2.53 bits per heavy atom. The third-order valence-corrected chi connectivity index (χ3v) is 3.09. The van der Waals surface area contributed by atoms with Crippen LogP contribution in [0.3, 0.4) is 0 Å². The van der Waals surface area contributed by atoms with Gasteiger partial charge in [0.1, 0.15) is 0 Å². The second-order valence-corrected chi connectivity index (χ2v) is 4.57. The van der Waals surface area contributed by atoms with Crippen molar-refractivity contribution in [2.75, 3.05) is 0 Å². The van der Waals surface area contributed by atoms with E-state index in [4.69, 9.17) is 0 Å². The molecule has 0 fully saturated rings. The molecule has 0 aliphatic carbocycles. The van der Waals surface area contributed by atoms with Crippen LogP contribution in [0.1, 0.15) is 26.7 Å². The van der Waals surface area contributed by atoms with E-state index in [0.29, 0.717) is 17.0 Å². The summed E-state index contributed by atoms with van der Waals surface area (Å²) in [5.41, 5.74) is 1.35. The zero-order chi connectivity index (χ0) is 11.6. The van der Waals surface area contributed by atoms with E-state index < -0.39 is 16.2 Å². The highest BCUT2D eigenvalue weighted by Crippen LogP contribution is 2.17. The van der Waals surface area contributed by atoms with E-state index in [9.17, 15) is 18.3 Å². The summed E-state index contributed by atoms with van der Waals surface area (Å²) < 4.78 is 27.8. The van der Waals surface area contributed by atoms with E-state index in [2.05, 4.69) is 9.12 Å². The molecule has 15 heavy (non-hydrogen) atoms. The van der Waals surface area contributed by atoms with Crippen molar-refractivity contribution in [2.24, 2.45) is 4.40 Å². The summed E-state index contributed by atoms with van der Waals surface area (Å²) in [5.74, 6) is -1.17. The Kier molecular flexibility index (Phi) is 3.13. The van der Waals surface area contributed by atoms with Crippen molar-refractivity contribution in [3.05, 3.63) is 11.3 Å². The summed E-state index contributed by atoms with van der Waals surface area (Å²) in [6, 6.07) is 0. The number of nitrogens with one attached hydrogen (secondary N) is 1. The quantitative estimate of drug-likeness (QED) is 0.680. The molecule has 0 saturated carbocycles. The smallest absolute Gasteiger partial charge is 0.342 e. The second kappa shape index (κ2) is 4.01. The van der Waals surface area contributed by atoms with Crippen LogP contribution in [-0.4, -0.2) is 20.1 Å². The summed E-state index contributed by atoms with van der Waals surface area (Å²) in [5, 5.41) is 10.3. The molecule has 6 nitrogen and oxygen atoms in total. The van der Waals surface area contributed by atoms with Gasteiger partial charge in [0.25, 0.3) is 0 Å². The highest BCUT2D eigenvalue weighted by atomic mass is 32.2. The topological polar surface area (TPSA) is 98.7 Å². The first-order valence-corrected chi connectivity index (χ1v) is 5.75. The molecule has 0 amide bonds. The van der Waals surface area contributed by atoms with Gasteiger partial charge in [-0.15, -0.1) is 4.40 Å². The fraction of sp³-hybridized carbons (Fsp3) is 0.500. The van der Waals surface area contributed by atoms with Crippen molar-refractivity contribution in [3.8, 4) is 0 Å². The van der Waals surface area contributed by atoms with Crippen molar-refractivity contribution in [1.82, 2.24) is 4.72 Å². The van der Waals surface area contributed by atoms with Crippen LogP contribution < -0.4 is 9.83 Å². The lowest BCUT2D eigenvalue weighted by Gasteiger charge is -2.18. The monoisotopic (exact) mass is 231 g/mol. The molecule has 1 heterocycles. The van der Waals surface area contributed by atoms with E-state index in [1.807, 2.05) is 0 Å². The number of carboxylic acid groups (broad SMARTS) is 1. The molecular weight excluding hydrogens is 220 g/mol. The number of nitrogens with zero attached hydrogens (tertiary/aromatic N) is 1. The molecule has 0 aromatic heterocycles. The van der Waals surface area contributed by atoms with Gasteiger partial charge >= 0.3 is 10.2 Å². The Hall–Kier alpha value is -1.37. The average Bonchev–Trinajstić information content (AvgIpc) is 1.98. The van der Waals surface area contributed by atoms with Gasteiger partial charge in [-0.2, -0.15) is 8.42 Å². The predicted molar refractivity (Wildman–Crippen MR) is 52.1 cm³/mol. The maximum absolute atomic E-state index is 11.1. The molecule has 1 aliphatic rings. The Labute approximate surface area is 87.9 Å². The molecule has 0 aromatic rings. The van der Waals surface area contributed by atoms with Gasteiger partial charge in [-0.1, -0.05) is 0 Å². The van der Waals surface area contributed by atoms with Crippen LogP contribution in [0, 0.1) is 0 Å². The molecule has 0 unspecified atom stereocenters. The highest BCUT2D eigenvalue weighted by molar-refractivity contribution is 7.88. The minimum Gasteiger partial charge on any atom is -0.550 e. The summed E-state index contributed by atoms with van der Waals surface area (Å²) >= 11 is 0. The van der Waals surface area contributed by atoms with Crippen LogP contribution in [-0.2, 0) is 15.0 Å². The summed E-state index contributed by atoms with van der Waals surface area (Å²) in [6.45, 7) is 3.10. The lowest BCUT2D eigenvalue weighted by molar-refractivity contribution is -0.305. The van der Waals surface area contributed by atoms with Gasteiger partial charge in [0, 0.05) is 11.7 Å². The minimum absolute atomic E-state index is 0.152. The molecule has 0 radical (unpaired) electrons. The highest BCUT2D eigenvalue weighted by Gasteiger charge is 2.19. The van der Waals surface area contributed by atoms with Gasteiger partial charge in [-0.25, -0.2) is 0 Å². The van der Waals surface area contributed by atoms with Gasteiger partial charge in [0.15, 0.2) is 0 Å². The lowest BCUT2D eigenvalue weighted by Crippen LogP contribution is -2.29. The molecule has 1 aliphatic heterocycles. The van der Waals surface area contributed by atoms with E-state index in [1.165, 1.54) is 6.92 Å². The largest absolute Gasteiger partial charge is 0.550 e. The predicted octanol–water partition coefficient (Wildman–Crippen LogP) is -0.901. The number of carboxylic acids is 1. The van der Waals surface area contributed by atoms with Crippen LogP contribution >= 0.6 is 0 Å². The summed E-state index contributed by atoms with van der Waals surface area (Å²) in [6.07, 6.45) is 0.0628. The second-order valence-electron chi connectivity index (χ2n) is 3.23. The van der Waals surface area contributed by atoms with Crippen molar-refractivity contribution < 1.29 is 18.3 Å². The number of carbonyl (C=O) groups is 1. The van der Waals surface area contributed by atoms with Crippen molar-refractivity contribution in [2.45, 2.75) is 26.7 Å². The van der Waals surface area contributed by atoms with Gasteiger partial charge in [0.05, 0.1) is 5.71 Å². The van der Waals surface area contributed by atoms with Crippen LogP contribution in [0.15, 0.2) is 15.7 Å². The number of allylic oxidation sites excluding steroid dienone is 2. The average molecular weight is 231 g/mol. The molecule has 84 valence electrons. The molecule has 0 spiro atoms. The first-order chi connectivity index (χ1) is 6.82. The SMILES string of the molecule is CC1=NS(=O)(=O)NC(C)=C1CCC(=O)[O-]. The Balaban J connectivity index is 2.91. The van der Waals surface area contributed by atoms with E-state index in [0.717, 1.165) is 0 Å². The third-order valence-electron chi connectivity index (χ3n) is 2.01. The maximum Gasteiger partial charge on any atom is 0.342 e. The molecule has 0 aromatic carbocycles. The zero-order valence-electron chi connectivity index (χ0n) is 8.40. The molecule has 0 atom stereocenters. The molecule has 7 heteroatoms. The van der Waals surface area contributed by atoms with Crippen LogP contribution in [0.25, 0.3) is 0 Å². The standard InChI is InChI=1S/C8H12N2O4S/c1-5-7(3-4-8(11)12)6(2)10-15(13,14)9-5/h9H,3-4H2,1-2H3,(H,11,12)/p-1. The van der Waals surface area contributed by atoms with E-state index >= 15 is 0 Å². The van der Waals surface area contributed by atoms with E-state index in [1.54, 1.807) is 6.92 Å². The summed E-state index contributed by atoms with van der Waals surface area (Å²) in [7, 11) is -3.64. The van der Waals surface area contributed by atoms with Gasteiger partial charge in [-0.3, -0.25) is 4.72 Å². The molecule has 0 saturated heterocycles. The van der Waals surface area contributed by atoms with E-state index in [-0.39, 0.29) is 12.8 Å². The Morgan fingerprint density at radius 2 is 2.07 bits per heavy atom. The normalized spacial score (nSPS) is 19.5. The maximum atomic E-state index is 11.1. The lowest BCUT2D eigenvalue weighted by atomic mass is 10.0. The van der Waals surface area contributed by atoms with Crippen LogP contribution in [0.4, 0.5) is 0 Å². The summed E-state index contributed by atoms with van der Waals surface area (Å²) in [4.78, 5) is 10.3. The van der Waals surface area contributed by atoms with Crippen LogP contribution in [0.5, 0.6) is 0 Å². The third kappa shape index (κ3) is 3.05. The molecule has 1 rings (SSSR count). The zero-order valence-corrected chi connectivity index (χ0v) is 9.22. The number of hydrogen-bond donors (Lipinski definition) is 1. The first kappa shape index (κ1) is 11.7. The van der Waals surface area contributed by atoms with Gasteiger partial charge < -0.3 is 9.90 Å². The number of aliphatic carboxylic acids is 1.